The molecule has 144 valence electrons. The van der Waals surface area contributed by atoms with E-state index in [1.54, 1.807) is 12.3 Å². The fourth-order valence-electron chi connectivity index (χ4n) is 3.52. The van der Waals surface area contributed by atoms with Crippen LogP contribution in [-0.4, -0.2) is 9.97 Å². The van der Waals surface area contributed by atoms with Crippen LogP contribution in [0.3, 0.4) is 0 Å². The van der Waals surface area contributed by atoms with E-state index >= 15 is 0 Å². The Balaban J connectivity index is 2.01. The highest BCUT2D eigenvalue weighted by Gasteiger charge is 2.14. The molecule has 0 aliphatic carbocycles. The molecule has 0 bridgehead atoms. The number of pyridine rings is 2. The minimum Gasteiger partial charge on any atom is -0.339 e. The molecule has 4 rings (SSSR count). The summed E-state index contributed by atoms with van der Waals surface area (Å²) in [6.07, 6.45) is 7.36. The van der Waals surface area contributed by atoms with E-state index in [0.29, 0.717) is 11.2 Å². The predicted molar refractivity (Wildman–Crippen MR) is 126 cm³/mol. The van der Waals surface area contributed by atoms with E-state index in [4.69, 9.17) is 4.98 Å². The van der Waals surface area contributed by atoms with Gasteiger partial charge in [-0.25, -0.2) is 4.98 Å². The third-order valence-corrected chi connectivity index (χ3v) is 5.48. The molecule has 2 heterocycles. The lowest BCUT2D eigenvalue weighted by atomic mass is 10.0. The van der Waals surface area contributed by atoms with Crippen molar-refractivity contribution in [2.45, 2.75) is 13.8 Å². The number of nitrogens with one attached hydrogen (secondary N) is 2. The largest absolute Gasteiger partial charge is 0.339 e. The van der Waals surface area contributed by atoms with E-state index in [0.717, 1.165) is 43.1 Å². The van der Waals surface area contributed by atoms with Crippen LogP contribution in [0.5, 0.6) is 0 Å². The van der Waals surface area contributed by atoms with Crippen LogP contribution in [-0.2, 0) is 0 Å². The maximum Gasteiger partial charge on any atom is 0.256 e. The van der Waals surface area contributed by atoms with Crippen molar-refractivity contribution in [2.75, 3.05) is 5.32 Å². The molecular formula is C24H20BrN3O. The molecule has 0 saturated carbocycles. The maximum absolute atomic E-state index is 12.7. The van der Waals surface area contributed by atoms with Crippen molar-refractivity contribution >= 4 is 55.2 Å². The smallest absolute Gasteiger partial charge is 0.256 e. The van der Waals surface area contributed by atoms with Gasteiger partial charge in [-0.1, -0.05) is 52.9 Å². The van der Waals surface area contributed by atoms with Gasteiger partial charge in [0.1, 0.15) is 5.82 Å². The number of benzene rings is 2. The number of hydrogen-bond acceptors (Lipinski definition) is 3. The van der Waals surface area contributed by atoms with Gasteiger partial charge in [-0.3, -0.25) is 4.79 Å². The molecule has 2 aromatic heterocycles. The molecule has 2 N–H and O–H groups in total. The molecule has 4 nitrogen and oxygen atoms in total. The van der Waals surface area contributed by atoms with Gasteiger partial charge in [0, 0.05) is 27.0 Å². The zero-order chi connectivity index (χ0) is 20.5. The second kappa shape index (κ2) is 7.68. The Morgan fingerprint density at radius 2 is 1.90 bits per heavy atom. The average Bonchev–Trinajstić information content (AvgIpc) is 2.70. The van der Waals surface area contributed by atoms with Gasteiger partial charge in [-0.05, 0) is 49.2 Å². The lowest BCUT2D eigenvalue weighted by molar-refractivity contribution is 1.27. The number of nitrogens with zero attached hydrogens (tertiary/aromatic N) is 1. The number of allylic oxidation sites excluding steroid dienone is 2. The number of aryl methyl sites for hydroxylation is 2. The molecule has 0 radical (unpaired) electrons. The van der Waals surface area contributed by atoms with Gasteiger partial charge in [-0.2, -0.15) is 0 Å². The lowest BCUT2D eigenvalue weighted by Gasteiger charge is -2.17. The highest BCUT2D eigenvalue weighted by molar-refractivity contribution is 9.10. The molecule has 2 aromatic carbocycles. The SMILES string of the molecule is C=C/C=C\c1c(C)ccc(C)c1Nc1nc2ccc(Br)cc2c2c(=O)[nH]ccc12. The van der Waals surface area contributed by atoms with Gasteiger partial charge in [0.05, 0.1) is 16.6 Å². The first-order valence-corrected chi connectivity index (χ1v) is 10.1. The molecule has 0 saturated heterocycles. The van der Waals surface area contributed by atoms with Gasteiger partial charge < -0.3 is 10.3 Å². The van der Waals surface area contributed by atoms with Crippen LogP contribution in [0.4, 0.5) is 11.5 Å². The number of fused-ring (bicyclic) bond motifs is 3. The van der Waals surface area contributed by atoms with Crippen molar-refractivity contribution in [1.29, 1.82) is 0 Å². The van der Waals surface area contributed by atoms with Crippen molar-refractivity contribution in [3.8, 4) is 0 Å². The van der Waals surface area contributed by atoms with Crippen LogP contribution in [0.2, 0.25) is 0 Å². The summed E-state index contributed by atoms with van der Waals surface area (Å²) in [5.41, 5.74) is 4.89. The van der Waals surface area contributed by atoms with Crippen LogP contribution in [0.15, 0.2) is 70.6 Å². The summed E-state index contributed by atoms with van der Waals surface area (Å²) in [4.78, 5) is 20.3. The summed E-state index contributed by atoms with van der Waals surface area (Å²) >= 11 is 3.49. The highest BCUT2D eigenvalue weighted by Crippen LogP contribution is 2.33. The van der Waals surface area contributed by atoms with Gasteiger partial charge in [-0.15, -0.1) is 0 Å². The Bertz CT molecular complexity index is 1350. The van der Waals surface area contributed by atoms with Crippen molar-refractivity contribution in [3.05, 3.63) is 92.8 Å². The summed E-state index contributed by atoms with van der Waals surface area (Å²) in [5.74, 6) is 0.655. The summed E-state index contributed by atoms with van der Waals surface area (Å²) < 4.78 is 0.906. The van der Waals surface area contributed by atoms with Gasteiger partial charge in [0.2, 0.25) is 0 Å². The first-order valence-electron chi connectivity index (χ1n) is 9.26. The molecule has 0 aliphatic heterocycles. The molecule has 0 amide bonds. The number of rotatable bonds is 4. The van der Waals surface area contributed by atoms with Crippen molar-refractivity contribution in [2.24, 2.45) is 0 Å². The average molecular weight is 446 g/mol. The van der Waals surface area contributed by atoms with Crippen molar-refractivity contribution < 1.29 is 0 Å². The second-order valence-corrected chi connectivity index (χ2v) is 7.84. The highest BCUT2D eigenvalue weighted by atomic mass is 79.9. The lowest BCUT2D eigenvalue weighted by Crippen LogP contribution is -2.08. The topological polar surface area (TPSA) is 57.8 Å². The number of halogens is 1. The summed E-state index contributed by atoms with van der Waals surface area (Å²) in [7, 11) is 0. The minimum atomic E-state index is -0.135. The van der Waals surface area contributed by atoms with Crippen LogP contribution in [0.1, 0.15) is 16.7 Å². The van der Waals surface area contributed by atoms with E-state index in [-0.39, 0.29) is 5.56 Å². The summed E-state index contributed by atoms with van der Waals surface area (Å²) in [5, 5.41) is 5.72. The zero-order valence-corrected chi connectivity index (χ0v) is 17.8. The van der Waals surface area contributed by atoms with Crippen LogP contribution in [0.25, 0.3) is 27.8 Å². The Labute approximate surface area is 177 Å². The normalized spacial score (nSPS) is 11.4. The molecule has 29 heavy (non-hydrogen) atoms. The van der Waals surface area contributed by atoms with Crippen LogP contribution >= 0.6 is 15.9 Å². The van der Waals surface area contributed by atoms with E-state index < -0.39 is 0 Å². The quantitative estimate of drug-likeness (QED) is 0.282. The second-order valence-electron chi connectivity index (χ2n) is 6.93. The predicted octanol–water partition coefficient (Wildman–Crippen LogP) is 6.40. The van der Waals surface area contributed by atoms with E-state index in [9.17, 15) is 4.79 Å². The van der Waals surface area contributed by atoms with Gasteiger partial charge >= 0.3 is 0 Å². The summed E-state index contributed by atoms with van der Waals surface area (Å²) in [6, 6.07) is 11.8. The van der Waals surface area contributed by atoms with Crippen molar-refractivity contribution in [1.82, 2.24) is 9.97 Å². The van der Waals surface area contributed by atoms with Crippen LogP contribution in [0, 0.1) is 13.8 Å². The molecule has 0 fully saturated rings. The van der Waals surface area contributed by atoms with Gasteiger partial charge in [0.25, 0.3) is 5.56 Å². The Morgan fingerprint density at radius 3 is 2.69 bits per heavy atom. The minimum absolute atomic E-state index is 0.135. The Morgan fingerprint density at radius 1 is 1.10 bits per heavy atom. The fraction of sp³-hybridized carbons (Fsp3) is 0.0833. The molecule has 4 aromatic rings. The Hall–Kier alpha value is -3.18. The molecule has 0 unspecified atom stereocenters. The number of H-pyrrole nitrogens is 1. The zero-order valence-electron chi connectivity index (χ0n) is 16.2. The molecule has 0 aliphatic rings. The Kier molecular flexibility index (Phi) is 5.07. The van der Waals surface area contributed by atoms with Crippen LogP contribution < -0.4 is 10.9 Å². The number of aromatic amines is 1. The summed E-state index contributed by atoms with van der Waals surface area (Å²) in [6.45, 7) is 7.90. The molecule has 5 heteroatoms. The third-order valence-electron chi connectivity index (χ3n) is 4.99. The first kappa shape index (κ1) is 19.2. The molecule has 0 spiro atoms. The number of hydrogen-bond donors (Lipinski definition) is 2. The van der Waals surface area contributed by atoms with E-state index in [2.05, 4.69) is 58.8 Å². The monoisotopic (exact) mass is 445 g/mol. The van der Waals surface area contributed by atoms with Crippen molar-refractivity contribution in [3.63, 3.8) is 0 Å². The number of aromatic nitrogens is 2. The van der Waals surface area contributed by atoms with Gasteiger partial charge in [0.15, 0.2) is 0 Å². The van der Waals surface area contributed by atoms with E-state index in [1.807, 2.05) is 36.4 Å². The van der Waals surface area contributed by atoms with E-state index in [1.165, 1.54) is 0 Å². The maximum atomic E-state index is 12.7. The molecule has 0 atom stereocenters. The molecular weight excluding hydrogens is 426 g/mol. The number of anilines is 2. The fourth-order valence-corrected chi connectivity index (χ4v) is 3.88. The first-order chi connectivity index (χ1) is 14.0. The standard InChI is InChI=1S/C24H20BrN3O/c1-4-5-6-17-14(2)7-8-15(3)22(17)28-23-18-11-12-26-24(29)21(18)19-13-16(25)9-10-20(19)27-23/h4-13H,1H2,2-3H3,(H,26,29)(H,27,28)/b6-5-. The third kappa shape index (κ3) is 3.49.